The summed E-state index contributed by atoms with van der Waals surface area (Å²) in [6.45, 7) is 13.4. The highest BCUT2D eigenvalue weighted by Gasteiger charge is 2.31. The van der Waals surface area contributed by atoms with E-state index in [1.807, 2.05) is 6.07 Å². The van der Waals surface area contributed by atoms with Crippen molar-refractivity contribution in [1.29, 1.82) is 0 Å². The van der Waals surface area contributed by atoms with Crippen LogP contribution in [0.4, 0.5) is 5.82 Å². The van der Waals surface area contributed by atoms with Crippen LogP contribution in [0.1, 0.15) is 85.8 Å². The highest BCUT2D eigenvalue weighted by Crippen LogP contribution is 2.25. The lowest BCUT2D eigenvalue weighted by atomic mass is 9.88. The van der Waals surface area contributed by atoms with E-state index in [2.05, 4.69) is 41.6 Å². The lowest BCUT2D eigenvalue weighted by Gasteiger charge is -2.26. The number of methoxy groups -OCH3 is 1. The Morgan fingerprint density at radius 3 is 2.40 bits per heavy atom. The standard InChI is InChI=1S/C22H40N4O4/c1-9-15(23-20(29)18(27)21(3,4)5)19(28)24-17-13-16(25-26-17)14(2)11-10-12-22(6,7)30-8/h13-15,18,27H,9-12H2,1-8H3,(H,23,29)(H2,24,25,26,28). The Hall–Kier alpha value is -1.93. The number of anilines is 1. The van der Waals surface area contributed by atoms with Gasteiger partial charge in [-0.2, -0.15) is 5.10 Å². The number of carbonyl (C=O) groups is 2. The minimum atomic E-state index is -1.19. The van der Waals surface area contributed by atoms with Crippen molar-refractivity contribution in [2.45, 2.75) is 97.8 Å². The van der Waals surface area contributed by atoms with Gasteiger partial charge in [-0.1, -0.05) is 34.6 Å². The molecule has 0 aliphatic heterocycles. The second kappa shape index (κ2) is 10.9. The smallest absolute Gasteiger partial charge is 0.250 e. The Morgan fingerprint density at radius 2 is 1.87 bits per heavy atom. The molecule has 1 rings (SSSR count). The average molecular weight is 425 g/mol. The SMILES string of the molecule is CCC(NC(=O)C(O)C(C)(C)C)C(=O)Nc1cc(C(C)CCCC(C)(C)OC)[nH]n1. The molecule has 0 spiro atoms. The van der Waals surface area contributed by atoms with Crippen LogP contribution in [0.15, 0.2) is 6.07 Å². The summed E-state index contributed by atoms with van der Waals surface area (Å²) in [6.07, 6.45) is 2.16. The third-order valence-corrected chi connectivity index (χ3v) is 5.46. The number of amides is 2. The van der Waals surface area contributed by atoms with Gasteiger partial charge in [0.2, 0.25) is 11.8 Å². The van der Waals surface area contributed by atoms with Crippen molar-refractivity contribution >= 4 is 17.6 Å². The summed E-state index contributed by atoms with van der Waals surface area (Å²) >= 11 is 0. The number of aromatic nitrogens is 2. The molecule has 0 aliphatic rings. The molecule has 1 heterocycles. The summed E-state index contributed by atoms with van der Waals surface area (Å²) in [7, 11) is 1.73. The summed E-state index contributed by atoms with van der Waals surface area (Å²) in [5, 5.41) is 22.6. The number of nitrogens with one attached hydrogen (secondary N) is 3. The summed E-state index contributed by atoms with van der Waals surface area (Å²) in [6, 6.07) is 1.08. The topological polar surface area (TPSA) is 116 Å². The van der Waals surface area contributed by atoms with Crippen molar-refractivity contribution in [3.8, 4) is 0 Å². The van der Waals surface area contributed by atoms with Gasteiger partial charge in [0.05, 0.1) is 5.60 Å². The Kier molecular flexibility index (Phi) is 9.49. The Balaban J connectivity index is 2.63. The molecule has 8 heteroatoms. The molecule has 0 saturated carbocycles. The Morgan fingerprint density at radius 1 is 1.23 bits per heavy atom. The lowest BCUT2D eigenvalue weighted by molar-refractivity contribution is -0.137. The normalized spacial score (nSPS) is 15.4. The predicted molar refractivity (Wildman–Crippen MR) is 118 cm³/mol. The number of H-pyrrole nitrogens is 1. The van der Waals surface area contributed by atoms with E-state index in [1.54, 1.807) is 34.8 Å². The molecule has 0 aliphatic carbocycles. The van der Waals surface area contributed by atoms with Gasteiger partial charge < -0.3 is 20.5 Å². The number of aromatic amines is 1. The number of hydrogen-bond acceptors (Lipinski definition) is 5. The first-order valence-corrected chi connectivity index (χ1v) is 10.7. The van der Waals surface area contributed by atoms with E-state index < -0.39 is 23.5 Å². The first-order chi connectivity index (χ1) is 13.8. The maximum absolute atomic E-state index is 12.6. The van der Waals surface area contributed by atoms with Crippen LogP contribution in [0.25, 0.3) is 0 Å². The zero-order valence-corrected chi connectivity index (χ0v) is 19.8. The Bertz CT molecular complexity index is 694. The van der Waals surface area contributed by atoms with Gasteiger partial charge in [-0.3, -0.25) is 14.7 Å². The molecule has 3 unspecified atom stereocenters. The monoisotopic (exact) mass is 424 g/mol. The number of ether oxygens (including phenoxy) is 1. The third kappa shape index (κ3) is 8.07. The molecule has 1 aromatic heterocycles. The van der Waals surface area contributed by atoms with E-state index >= 15 is 0 Å². The number of rotatable bonds is 11. The van der Waals surface area contributed by atoms with Gasteiger partial charge in [0.25, 0.3) is 0 Å². The summed E-state index contributed by atoms with van der Waals surface area (Å²) < 4.78 is 5.45. The summed E-state index contributed by atoms with van der Waals surface area (Å²) in [5.74, 6) is -0.234. The van der Waals surface area contributed by atoms with Crippen molar-refractivity contribution < 1.29 is 19.4 Å². The van der Waals surface area contributed by atoms with Crippen LogP contribution in [-0.2, 0) is 14.3 Å². The van der Waals surface area contributed by atoms with Crippen molar-refractivity contribution in [2.24, 2.45) is 5.41 Å². The van der Waals surface area contributed by atoms with E-state index in [-0.39, 0.29) is 17.4 Å². The summed E-state index contributed by atoms with van der Waals surface area (Å²) in [5.41, 5.74) is 0.207. The predicted octanol–water partition coefficient (Wildman–Crippen LogP) is 3.35. The van der Waals surface area contributed by atoms with E-state index in [0.29, 0.717) is 12.2 Å². The van der Waals surface area contributed by atoms with Crippen LogP contribution in [-0.4, -0.2) is 52.0 Å². The van der Waals surface area contributed by atoms with E-state index in [1.165, 1.54) is 0 Å². The van der Waals surface area contributed by atoms with Crippen molar-refractivity contribution in [1.82, 2.24) is 15.5 Å². The van der Waals surface area contributed by atoms with Gasteiger partial charge in [-0.15, -0.1) is 0 Å². The molecule has 8 nitrogen and oxygen atoms in total. The van der Waals surface area contributed by atoms with Crippen LogP contribution in [0, 0.1) is 5.41 Å². The van der Waals surface area contributed by atoms with Crippen LogP contribution in [0.5, 0.6) is 0 Å². The van der Waals surface area contributed by atoms with E-state index in [9.17, 15) is 14.7 Å². The fourth-order valence-corrected chi connectivity index (χ4v) is 2.95. The van der Waals surface area contributed by atoms with E-state index in [0.717, 1.165) is 25.0 Å². The Labute approximate surface area is 180 Å². The minimum absolute atomic E-state index is 0.132. The van der Waals surface area contributed by atoms with Gasteiger partial charge >= 0.3 is 0 Å². The first kappa shape index (κ1) is 26.1. The average Bonchev–Trinajstić information content (AvgIpc) is 3.12. The second-order valence-electron chi connectivity index (χ2n) is 9.69. The maximum Gasteiger partial charge on any atom is 0.250 e. The van der Waals surface area contributed by atoms with Gasteiger partial charge in [0, 0.05) is 18.9 Å². The molecule has 0 aromatic carbocycles. The fraction of sp³-hybridized carbons (Fsp3) is 0.773. The number of aliphatic hydroxyl groups excluding tert-OH is 1. The summed E-state index contributed by atoms with van der Waals surface area (Å²) in [4.78, 5) is 24.8. The molecule has 172 valence electrons. The van der Waals surface area contributed by atoms with Crippen LogP contribution >= 0.6 is 0 Å². The number of nitrogens with zero attached hydrogens (tertiary/aromatic N) is 1. The molecule has 1 aromatic rings. The molecule has 0 radical (unpaired) electrons. The van der Waals surface area contributed by atoms with Crippen LogP contribution < -0.4 is 10.6 Å². The minimum Gasteiger partial charge on any atom is -0.383 e. The zero-order chi connectivity index (χ0) is 23.1. The molecule has 0 bridgehead atoms. The van der Waals surface area contributed by atoms with Crippen molar-refractivity contribution in [2.75, 3.05) is 12.4 Å². The van der Waals surface area contributed by atoms with E-state index in [4.69, 9.17) is 4.74 Å². The highest BCUT2D eigenvalue weighted by atomic mass is 16.5. The van der Waals surface area contributed by atoms with Crippen molar-refractivity contribution in [3.63, 3.8) is 0 Å². The molecule has 4 N–H and O–H groups in total. The molecule has 3 atom stereocenters. The quantitative estimate of drug-likeness (QED) is 0.435. The molecule has 30 heavy (non-hydrogen) atoms. The largest absolute Gasteiger partial charge is 0.383 e. The maximum atomic E-state index is 12.6. The number of hydrogen-bond donors (Lipinski definition) is 4. The number of aliphatic hydroxyl groups is 1. The third-order valence-electron chi connectivity index (χ3n) is 5.46. The van der Waals surface area contributed by atoms with Gasteiger partial charge in [-0.05, 0) is 50.9 Å². The van der Waals surface area contributed by atoms with Crippen LogP contribution in [0.3, 0.4) is 0 Å². The van der Waals surface area contributed by atoms with Crippen molar-refractivity contribution in [3.05, 3.63) is 11.8 Å². The van der Waals surface area contributed by atoms with Gasteiger partial charge in [-0.25, -0.2) is 0 Å². The van der Waals surface area contributed by atoms with Gasteiger partial charge in [0.1, 0.15) is 12.1 Å². The number of carbonyl (C=O) groups excluding carboxylic acids is 2. The molecule has 0 fully saturated rings. The van der Waals surface area contributed by atoms with Crippen LogP contribution in [0.2, 0.25) is 0 Å². The fourth-order valence-electron chi connectivity index (χ4n) is 2.95. The first-order valence-electron chi connectivity index (χ1n) is 10.7. The molecular formula is C22H40N4O4. The van der Waals surface area contributed by atoms with Gasteiger partial charge in [0.15, 0.2) is 5.82 Å². The molecular weight excluding hydrogens is 384 g/mol. The molecule has 2 amide bonds. The molecule has 0 saturated heterocycles. The highest BCUT2D eigenvalue weighted by molar-refractivity contribution is 5.97. The lowest BCUT2D eigenvalue weighted by Crippen LogP contribution is -2.50. The zero-order valence-electron chi connectivity index (χ0n) is 19.8. The second-order valence-corrected chi connectivity index (χ2v) is 9.69.